The highest BCUT2D eigenvalue weighted by Gasteiger charge is 2.18. The van der Waals surface area contributed by atoms with Crippen LogP contribution in [0.5, 0.6) is 0 Å². The number of morpholine rings is 1. The van der Waals surface area contributed by atoms with Crippen LogP contribution in [0.3, 0.4) is 0 Å². The van der Waals surface area contributed by atoms with E-state index in [-0.39, 0.29) is 6.54 Å². The number of ether oxygens (including phenoxy) is 1. The summed E-state index contributed by atoms with van der Waals surface area (Å²) in [6.45, 7) is 8.20. The molecule has 0 saturated carbocycles. The Hall–Kier alpha value is -1.73. The number of aryl methyl sites for hydroxylation is 2. The molecule has 0 atom stereocenters. The molecule has 2 aromatic rings. The van der Waals surface area contributed by atoms with E-state index in [1.807, 2.05) is 44.2 Å². The van der Waals surface area contributed by atoms with Crippen molar-refractivity contribution in [2.24, 2.45) is 0 Å². The topological polar surface area (TPSA) is 58.6 Å². The lowest BCUT2D eigenvalue weighted by Crippen LogP contribution is -2.36. The molecule has 3 rings (SSSR count). The van der Waals surface area contributed by atoms with E-state index in [0.717, 1.165) is 55.1 Å². The van der Waals surface area contributed by atoms with Crippen LogP contribution in [0, 0.1) is 13.8 Å². The summed E-state index contributed by atoms with van der Waals surface area (Å²) in [5.74, 6) is 0. The zero-order valence-electron chi connectivity index (χ0n) is 15.4. The van der Waals surface area contributed by atoms with E-state index < -0.39 is 10.0 Å². The second-order valence-electron chi connectivity index (χ2n) is 6.75. The van der Waals surface area contributed by atoms with Crippen LogP contribution in [0.2, 0.25) is 0 Å². The molecule has 1 aliphatic rings. The van der Waals surface area contributed by atoms with Gasteiger partial charge >= 0.3 is 0 Å². The van der Waals surface area contributed by atoms with Crippen LogP contribution in [0.4, 0.5) is 0 Å². The molecule has 5 nitrogen and oxygen atoms in total. The van der Waals surface area contributed by atoms with E-state index in [2.05, 4.69) is 15.7 Å². The van der Waals surface area contributed by atoms with Gasteiger partial charge in [0.05, 0.1) is 18.1 Å². The quantitative estimate of drug-likeness (QED) is 0.844. The molecule has 1 aliphatic heterocycles. The highest BCUT2D eigenvalue weighted by molar-refractivity contribution is 7.89. The van der Waals surface area contributed by atoms with Crippen LogP contribution in [0.1, 0.15) is 22.3 Å². The second-order valence-corrected chi connectivity index (χ2v) is 8.49. The van der Waals surface area contributed by atoms with Crippen molar-refractivity contribution in [1.29, 1.82) is 0 Å². The molecule has 0 aliphatic carbocycles. The van der Waals surface area contributed by atoms with Crippen molar-refractivity contribution in [3.05, 3.63) is 64.7 Å². The highest BCUT2D eigenvalue weighted by atomic mass is 32.2. The average Bonchev–Trinajstić information content (AvgIpc) is 2.61. The normalized spacial score (nSPS) is 15.9. The fourth-order valence-corrected chi connectivity index (χ4v) is 4.47. The summed E-state index contributed by atoms with van der Waals surface area (Å²) in [5, 5.41) is 0. The largest absolute Gasteiger partial charge is 0.379 e. The summed E-state index contributed by atoms with van der Waals surface area (Å²) in [4.78, 5) is 2.68. The smallest absolute Gasteiger partial charge is 0.241 e. The standard InChI is InChI=1S/C20H26N2O3S/c1-16-7-8-20(17(2)13-16)26(23,24)21-14-18-5-3-4-6-19(18)15-22-9-11-25-12-10-22/h3-8,13,21H,9-12,14-15H2,1-2H3. The summed E-state index contributed by atoms with van der Waals surface area (Å²) in [7, 11) is -3.54. The molecule has 0 radical (unpaired) electrons. The first kappa shape index (κ1) is 19.0. The minimum absolute atomic E-state index is 0.288. The number of sulfonamides is 1. The van der Waals surface area contributed by atoms with E-state index in [1.165, 1.54) is 0 Å². The Kier molecular flexibility index (Phi) is 6.09. The van der Waals surface area contributed by atoms with Gasteiger partial charge in [0.15, 0.2) is 0 Å². The molecule has 1 N–H and O–H groups in total. The molecule has 0 unspecified atom stereocenters. The van der Waals surface area contributed by atoms with Crippen molar-refractivity contribution in [1.82, 2.24) is 9.62 Å². The van der Waals surface area contributed by atoms with Crippen LogP contribution in [-0.2, 0) is 27.8 Å². The number of hydrogen-bond donors (Lipinski definition) is 1. The van der Waals surface area contributed by atoms with E-state index in [1.54, 1.807) is 6.07 Å². The minimum atomic E-state index is -3.54. The molecule has 0 spiro atoms. The van der Waals surface area contributed by atoms with Crippen molar-refractivity contribution in [3.8, 4) is 0 Å². The zero-order chi connectivity index (χ0) is 18.6. The molecule has 0 aromatic heterocycles. The van der Waals surface area contributed by atoms with Crippen LogP contribution < -0.4 is 4.72 Å². The third-order valence-corrected chi connectivity index (χ3v) is 6.25. The molecule has 1 saturated heterocycles. The fraction of sp³-hybridized carbons (Fsp3) is 0.400. The Morgan fingerprint density at radius 2 is 1.73 bits per heavy atom. The summed E-state index contributed by atoms with van der Waals surface area (Å²) >= 11 is 0. The number of rotatable bonds is 6. The maximum Gasteiger partial charge on any atom is 0.241 e. The van der Waals surface area contributed by atoms with E-state index in [9.17, 15) is 8.42 Å². The Morgan fingerprint density at radius 3 is 2.42 bits per heavy atom. The van der Waals surface area contributed by atoms with Gasteiger partial charge in [-0.1, -0.05) is 42.0 Å². The van der Waals surface area contributed by atoms with Gasteiger partial charge in [0.1, 0.15) is 0 Å². The third kappa shape index (κ3) is 4.71. The Labute approximate surface area is 156 Å². The number of hydrogen-bond acceptors (Lipinski definition) is 4. The molecule has 2 aromatic carbocycles. The van der Waals surface area contributed by atoms with Gasteiger partial charge < -0.3 is 4.74 Å². The van der Waals surface area contributed by atoms with Crippen molar-refractivity contribution in [3.63, 3.8) is 0 Å². The first-order chi connectivity index (χ1) is 12.5. The van der Waals surface area contributed by atoms with Crippen molar-refractivity contribution in [2.45, 2.75) is 31.8 Å². The lowest BCUT2D eigenvalue weighted by atomic mass is 10.1. The molecule has 1 heterocycles. The van der Waals surface area contributed by atoms with Crippen LogP contribution in [0.25, 0.3) is 0 Å². The molecular formula is C20H26N2O3S. The number of benzene rings is 2. The summed E-state index contributed by atoms with van der Waals surface area (Å²) in [6, 6.07) is 13.4. The molecule has 6 heteroatoms. The molecule has 0 bridgehead atoms. The number of nitrogens with zero attached hydrogens (tertiary/aromatic N) is 1. The van der Waals surface area contributed by atoms with Crippen molar-refractivity contribution >= 4 is 10.0 Å². The highest BCUT2D eigenvalue weighted by Crippen LogP contribution is 2.18. The maximum absolute atomic E-state index is 12.7. The third-order valence-electron chi connectivity index (χ3n) is 4.69. The van der Waals surface area contributed by atoms with Gasteiger partial charge in [-0.05, 0) is 36.6 Å². The van der Waals surface area contributed by atoms with Gasteiger partial charge in [-0.3, -0.25) is 4.90 Å². The maximum atomic E-state index is 12.7. The fourth-order valence-electron chi connectivity index (χ4n) is 3.24. The lowest BCUT2D eigenvalue weighted by Gasteiger charge is -2.27. The molecule has 0 amide bonds. The van der Waals surface area contributed by atoms with E-state index in [4.69, 9.17) is 4.74 Å². The molecule has 140 valence electrons. The van der Waals surface area contributed by atoms with Crippen LogP contribution in [0.15, 0.2) is 47.4 Å². The zero-order valence-corrected chi connectivity index (χ0v) is 16.2. The molecule has 26 heavy (non-hydrogen) atoms. The monoisotopic (exact) mass is 374 g/mol. The van der Waals surface area contributed by atoms with Crippen LogP contribution >= 0.6 is 0 Å². The SMILES string of the molecule is Cc1ccc(S(=O)(=O)NCc2ccccc2CN2CCOCC2)c(C)c1. The van der Waals surface area contributed by atoms with Gasteiger partial charge in [0.25, 0.3) is 0 Å². The first-order valence-electron chi connectivity index (χ1n) is 8.89. The summed E-state index contributed by atoms with van der Waals surface area (Å²) < 4.78 is 33.6. The van der Waals surface area contributed by atoms with Gasteiger partial charge in [-0.25, -0.2) is 13.1 Å². The molecular weight excluding hydrogens is 348 g/mol. The van der Waals surface area contributed by atoms with Gasteiger partial charge in [-0.2, -0.15) is 0 Å². The van der Waals surface area contributed by atoms with E-state index in [0.29, 0.717) is 4.90 Å². The second kappa shape index (κ2) is 8.31. The Morgan fingerprint density at radius 1 is 1.04 bits per heavy atom. The van der Waals surface area contributed by atoms with Crippen molar-refractivity contribution < 1.29 is 13.2 Å². The van der Waals surface area contributed by atoms with Crippen LogP contribution in [-0.4, -0.2) is 39.6 Å². The first-order valence-corrected chi connectivity index (χ1v) is 10.4. The van der Waals surface area contributed by atoms with Gasteiger partial charge in [-0.15, -0.1) is 0 Å². The number of nitrogens with one attached hydrogen (secondary N) is 1. The summed E-state index contributed by atoms with van der Waals surface area (Å²) in [5.41, 5.74) is 3.97. The van der Waals surface area contributed by atoms with Gasteiger partial charge in [0, 0.05) is 26.2 Å². The lowest BCUT2D eigenvalue weighted by molar-refractivity contribution is 0.0341. The predicted molar refractivity (Wildman–Crippen MR) is 102 cm³/mol. The molecule has 1 fully saturated rings. The minimum Gasteiger partial charge on any atom is -0.379 e. The summed E-state index contributed by atoms with van der Waals surface area (Å²) in [6.07, 6.45) is 0. The average molecular weight is 375 g/mol. The Bertz CT molecular complexity index is 859. The van der Waals surface area contributed by atoms with Gasteiger partial charge in [0.2, 0.25) is 10.0 Å². The van der Waals surface area contributed by atoms with Crippen molar-refractivity contribution in [2.75, 3.05) is 26.3 Å². The Balaban J connectivity index is 1.72. The predicted octanol–water partition coefficient (Wildman–Crippen LogP) is 2.61. The van der Waals surface area contributed by atoms with E-state index >= 15 is 0 Å².